The molecular formula is C14H11ClINO3. The maximum Gasteiger partial charge on any atom is 0.240 e. The van der Waals surface area contributed by atoms with Crippen LogP contribution in [-0.4, -0.2) is 24.0 Å². The van der Waals surface area contributed by atoms with Crippen LogP contribution in [0.5, 0.6) is 0 Å². The minimum atomic E-state index is -0.292. The van der Waals surface area contributed by atoms with Crippen LogP contribution in [-0.2, 0) is 14.3 Å². The standard InChI is InChI=1S/C14H11ClINO3/c15-7-5-6(1-2-8(7)16)17-13(18)11-9-3-4-10(20-9)12(11)14(17)19/h1-2,5,9-12H,3-4H2. The van der Waals surface area contributed by atoms with E-state index in [9.17, 15) is 9.59 Å². The Balaban J connectivity index is 1.74. The summed E-state index contributed by atoms with van der Waals surface area (Å²) in [6.07, 6.45) is 1.61. The second-order valence-corrected chi connectivity index (χ2v) is 7.02. The van der Waals surface area contributed by atoms with Gasteiger partial charge >= 0.3 is 0 Å². The molecule has 3 aliphatic rings. The van der Waals surface area contributed by atoms with Crippen molar-refractivity contribution >= 4 is 51.7 Å². The largest absolute Gasteiger partial charge is 0.373 e. The molecule has 3 aliphatic heterocycles. The molecule has 3 fully saturated rings. The van der Waals surface area contributed by atoms with Crippen molar-refractivity contribution in [2.45, 2.75) is 25.0 Å². The third-order valence-corrected chi connectivity index (χ3v) is 6.02. The van der Waals surface area contributed by atoms with E-state index in [4.69, 9.17) is 16.3 Å². The summed E-state index contributed by atoms with van der Waals surface area (Å²) >= 11 is 8.21. The zero-order chi connectivity index (χ0) is 14.0. The number of benzene rings is 1. The normalized spacial score (nSPS) is 35.0. The van der Waals surface area contributed by atoms with Crippen LogP contribution in [0.15, 0.2) is 18.2 Å². The predicted molar refractivity (Wildman–Crippen MR) is 81.5 cm³/mol. The van der Waals surface area contributed by atoms with E-state index in [0.717, 1.165) is 16.4 Å². The Morgan fingerprint density at radius 1 is 1.15 bits per heavy atom. The predicted octanol–water partition coefficient (Wildman–Crippen LogP) is 2.61. The van der Waals surface area contributed by atoms with Crippen LogP contribution in [0.25, 0.3) is 0 Å². The Kier molecular flexibility index (Phi) is 2.88. The summed E-state index contributed by atoms with van der Waals surface area (Å²) in [6, 6.07) is 5.27. The number of fused-ring (bicyclic) bond motifs is 5. The summed E-state index contributed by atoms with van der Waals surface area (Å²) < 4.78 is 6.61. The van der Waals surface area contributed by atoms with Crippen molar-refractivity contribution in [1.82, 2.24) is 0 Å². The topological polar surface area (TPSA) is 46.6 Å². The van der Waals surface area contributed by atoms with Crippen molar-refractivity contribution < 1.29 is 14.3 Å². The summed E-state index contributed by atoms with van der Waals surface area (Å²) in [5, 5.41) is 0.556. The lowest BCUT2D eigenvalue weighted by molar-refractivity contribution is -0.124. The SMILES string of the molecule is O=C1C2C3CCC(O3)C2C(=O)N1c1ccc(I)c(Cl)c1. The Morgan fingerprint density at radius 2 is 1.75 bits per heavy atom. The van der Waals surface area contributed by atoms with Crippen molar-refractivity contribution in [3.63, 3.8) is 0 Å². The smallest absolute Gasteiger partial charge is 0.240 e. The number of hydrogen-bond donors (Lipinski definition) is 0. The lowest BCUT2D eigenvalue weighted by Gasteiger charge is -2.18. The number of rotatable bonds is 1. The van der Waals surface area contributed by atoms with E-state index in [2.05, 4.69) is 22.6 Å². The van der Waals surface area contributed by atoms with Gasteiger partial charge in [0.1, 0.15) is 0 Å². The molecule has 6 heteroatoms. The molecule has 3 saturated heterocycles. The van der Waals surface area contributed by atoms with Crippen LogP contribution in [0.1, 0.15) is 12.8 Å². The Labute approximate surface area is 134 Å². The molecule has 0 aromatic heterocycles. The van der Waals surface area contributed by atoms with Gasteiger partial charge in [0.25, 0.3) is 0 Å². The lowest BCUT2D eigenvalue weighted by Crippen LogP contribution is -2.34. The van der Waals surface area contributed by atoms with Crippen molar-refractivity contribution in [3.8, 4) is 0 Å². The highest BCUT2D eigenvalue weighted by molar-refractivity contribution is 14.1. The van der Waals surface area contributed by atoms with Crippen LogP contribution in [0.2, 0.25) is 5.02 Å². The number of ether oxygens (including phenoxy) is 1. The van der Waals surface area contributed by atoms with Gasteiger partial charge in [-0.3, -0.25) is 9.59 Å². The summed E-state index contributed by atoms with van der Waals surface area (Å²) in [5.74, 6) is -0.854. The van der Waals surface area contributed by atoms with Crippen molar-refractivity contribution in [2.75, 3.05) is 4.90 Å². The third kappa shape index (κ3) is 1.63. The second-order valence-electron chi connectivity index (χ2n) is 5.45. The zero-order valence-electron chi connectivity index (χ0n) is 10.4. The van der Waals surface area contributed by atoms with Crippen molar-refractivity contribution in [2.24, 2.45) is 11.8 Å². The van der Waals surface area contributed by atoms with Crippen LogP contribution in [0.3, 0.4) is 0 Å². The molecule has 20 heavy (non-hydrogen) atoms. The molecule has 1 aromatic carbocycles. The summed E-state index contributed by atoms with van der Waals surface area (Å²) in [4.78, 5) is 26.4. The molecule has 0 radical (unpaired) electrons. The molecule has 1 aromatic rings. The molecule has 4 rings (SSSR count). The van der Waals surface area contributed by atoms with Crippen LogP contribution in [0.4, 0.5) is 5.69 Å². The second kappa shape index (κ2) is 4.42. The average Bonchev–Trinajstić information content (AvgIpc) is 3.08. The molecule has 2 bridgehead atoms. The molecule has 0 saturated carbocycles. The van der Waals surface area contributed by atoms with Gasteiger partial charge < -0.3 is 4.74 Å². The monoisotopic (exact) mass is 403 g/mol. The molecule has 4 atom stereocenters. The molecule has 4 unspecified atom stereocenters. The Morgan fingerprint density at radius 3 is 2.30 bits per heavy atom. The maximum absolute atomic E-state index is 12.6. The number of carbonyl (C=O) groups is 2. The van der Waals surface area contributed by atoms with Gasteiger partial charge in [-0.1, -0.05) is 11.6 Å². The first-order valence-corrected chi connectivity index (χ1v) is 8.02. The molecule has 0 aliphatic carbocycles. The van der Waals surface area contributed by atoms with Crippen LogP contribution in [0, 0.1) is 15.4 Å². The van der Waals surface area contributed by atoms with E-state index in [1.54, 1.807) is 12.1 Å². The minimum Gasteiger partial charge on any atom is -0.373 e. The molecule has 104 valence electrons. The van der Waals surface area contributed by atoms with Crippen LogP contribution < -0.4 is 4.90 Å². The van der Waals surface area contributed by atoms with Gasteiger partial charge in [-0.05, 0) is 53.6 Å². The molecule has 0 spiro atoms. The van der Waals surface area contributed by atoms with E-state index in [0.29, 0.717) is 10.7 Å². The lowest BCUT2D eigenvalue weighted by atomic mass is 9.81. The van der Waals surface area contributed by atoms with E-state index >= 15 is 0 Å². The molecule has 0 N–H and O–H groups in total. The van der Waals surface area contributed by atoms with Gasteiger partial charge in [-0.2, -0.15) is 0 Å². The van der Waals surface area contributed by atoms with Crippen molar-refractivity contribution in [3.05, 3.63) is 26.8 Å². The van der Waals surface area contributed by atoms with Gasteiger partial charge in [0.05, 0.1) is 34.8 Å². The number of hydrogen-bond acceptors (Lipinski definition) is 3. The van der Waals surface area contributed by atoms with Gasteiger partial charge in [0.2, 0.25) is 11.8 Å². The van der Waals surface area contributed by atoms with Gasteiger partial charge in [0.15, 0.2) is 0 Å². The number of amides is 2. The van der Waals surface area contributed by atoms with Gasteiger partial charge in [0, 0.05) is 3.57 Å². The number of carbonyl (C=O) groups excluding carboxylic acids is 2. The summed E-state index contributed by atoms with van der Waals surface area (Å²) in [6.45, 7) is 0. The quantitative estimate of drug-likeness (QED) is 0.535. The number of imide groups is 1. The first-order valence-electron chi connectivity index (χ1n) is 6.56. The highest BCUT2D eigenvalue weighted by atomic mass is 127. The molecule has 2 amide bonds. The number of nitrogens with zero attached hydrogens (tertiary/aromatic N) is 1. The Bertz CT molecular complexity index is 607. The van der Waals surface area contributed by atoms with Gasteiger partial charge in [-0.15, -0.1) is 0 Å². The van der Waals surface area contributed by atoms with E-state index < -0.39 is 0 Å². The van der Waals surface area contributed by atoms with E-state index in [1.165, 1.54) is 4.90 Å². The fourth-order valence-electron chi connectivity index (χ4n) is 3.59. The molecule has 4 nitrogen and oxygen atoms in total. The van der Waals surface area contributed by atoms with Crippen LogP contribution >= 0.6 is 34.2 Å². The fourth-order valence-corrected chi connectivity index (χ4v) is 4.10. The van der Waals surface area contributed by atoms with Gasteiger partial charge in [-0.25, -0.2) is 4.90 Å². The number of halogens is 2. The Hall–Kier alpha value is -0.660. The summed E-state index contributed by atoms with van der Waals surface area (Å²) in [5.41, 5.74) is 0.569. The van der Waals surface area contributed by atoms with E-state index in [-0.39, 0.29) is 35.9 Å². The first kappa shape index (κ1) is 13.0. The van der Waals surface area contributed by atoms with Crippen molar-refractivity contribution in [1.29, 1.82) is 0 Å². The first-order chi connectivity index (χ1) is 9.58. The zero-order valence-corrected chi connectivity index (χ0v) is 13.3. The summed E-state index contributed by atoms with van der Waals surface area (Å²) in [7, 11) is 0. The molecular weight excluding hydrogens is 393 g/mol. The molecule has 3 heterocycles. The third-order valence-electron chi connectivity index (χ3n) is 4.45. The highest BCUT2D eigenvalue weighted by Gasteiger charge is 2.62. The minimum absolute atomic E-state index is 0.0780. The maximum atomic E-state index is 12.6. The highest BCUT2D eigenvalue weighted by Crippen LogP contribution is 2.49. The average molecular weight is 404 g/mol. The fraction of sp³-hybridized carbons (Fsp3) is 0.429. The van der Waals surface area contributed by atoms with E-state index in [1.807, 2.05) is 6.07 Å². The number of anilines is 1.